The lowest BCUT2D eigenvalue weighted by Crippen LogP contribution is -1.99. The van der Waals surface area contributed by atoms with E-state index in [0.29, 0.717) is 6.42 Å². The maximum absolute atomic E-state index is 10.8. The molecule has 0 heterocycles. The molecule has 0 rings (SSSR count). The zero-order valence-corrected chi connectivity index (χ0v) is 10.1. The second-order valence-corrected chi connectivity index (χ2v) is 3.77. The molecule has 0 bridgehead atoms. The number of allylic oxidation sites excluding steroid dienone is 2. The molecule has 0 aromatic heterocycles. The summed E-state index contributed by atoms with van der Waals surface area (Å²) < 4.78 is 4.56. The Kier molecular flexibility index (Phi) is 10.8. The maximum atomic E-state index is 10.8. The van der Waals surface area contributed by atoms with Crippen molar-refractivity contribution in [3.8, 4) is 6.07 Å². The molecule has 0 aliphatic carbocycles. The Bertz CT molecular complexity index is 241. The van der Waals surface area contributed by atoms with Gasteiger partial charge in [-0.3, -0.25) is 4.79 Å². The van der Waals surface area contributed by atoms with Crippen molar-refractivity contribution in [3.63, 3.8) is 0 Å². The van der Waals surface area contributed by atoms with Crippen molar-refractivity contribution in [2.75, 3.05) is 7.11 Å². The van der Waals surface area contributed by atoms with Crippen molar-refractivity contribution in [1.29, 1.82) is 5.26 Å². The molecule has 0 aliphatic heterocycles. The second kappa shape index (κ2) is 11.8. The Morgan fingerprint density at radius 3 is 2.44 bits per heavy atom. The SMILES string of the molecule is COC(=O)CCCCCCCC/C=C\C#N. The Labute approximate surface area is 98.1 Å². The minimum Gasteiger partial charge on any atom is -0.469 e. The van der Waals surface area contributed by atoms with Crippen LogP contribution in [-0.4, -0.2) is 13.1 Å². The van der Waals surface area contributed by atoms with Crippen LogP contribution in [0.25, 0.3) is 0 Å². The molecule has 0 aromatic rings. The summed E-state index contributed by atoms with van der Waals surface area (Å²) >= 11 is 0. The highest BCUT2D eigenvalue weighted by Gasteiger charge is 1.98. The highest BCUT2D eigenvalue weighted by atomic mass is 16.5. The third kappa shape index (κ3) is 10.8. The van der Waals surface area contributed by atoms with E-state index in [-0.39, 0.29) is 5.97 Å². The third-order valence-electron chi connectivity index (χ3n) is 2.42. The summed E-state index contributed by atoms with van der Waals surface area (Å²) in [4.78, 5) is 10.8. The summed E-state index contributed by atoms with van der Waals surface area (Å²) in [7, 11) is 1.43. The fourth-order valence-electron chi connectivity index (χ4n) is 1.48. The Morgan fingerprint density at radius 1 is 1.19 bits per heavy atom. The predicted molar refractivity (Wildman–Crippen MR) is 63.7 cm³/mol. The molecule has 0 fully saturated rings. The molecule has 0 spiro atoms. The fraction of sp³-hybridized carbons (Fsp3) is 0.692. The first kappa shape index (κ1) is 14.7. The van der Waals surface area contributed by atoms with Crippen LogP contribution in [0.3, 0.4) is 0 Å². The third-order valence-corrected chi connectivity index (χ3v) is 2.42. The van der Waals surface area contributed by atoms with Crippen LogP contribution in [-0.2, 0) is 9.53 Å². The zero-order chi connectivity index (χ0) is 12.1. The summed E-state index contributed by atoms with van der Waals surface area (Å²) in [5.41, 5.74) is 0. The van der Waals surface area contributed by atoms with Crippen LogP contribution in [0.4, 0.5) is 0 Å². The van der Waals surface area contributed by atoms with E-state index in [1.807, 2.05) is 12.1 Å². The van der Waals surface area contributed by atoms with Crippen molar-refractivity contribution < 1.29 is 9.53 Å². The van der Waals surface area contributed by atoms with E-state index in [2.05, 4.69) is 4.74 Å². The molecular formula is C13H21NO2. The lowest BCUT2D eigenvalue weighted by Gasteiger charge is -2.00. The van der Waals surface area contributed by atoms with Crippen molar-refractivity contribution in [2.45, 2.75) is 51.4 Å². The normalized spacial score (nSPS) is 10.2. The van der Waals surface area contributed by atoms with Crippen LogP contribution in [0.1, 0.15) is 51.4 Å². The Hall–Kier alpha value is -1.30. The fourth-order valence-corrected chi connectivity index (χ4v) is 1.48. The van der Waals surface area contributed by atoms with Gasteiger partial charge in [-0.2, -0.15) is 5.26 Å². The lowest BCUT2D eigenvalue weighted by molar-refractivity contribution is -0.140. The van der Waals surface area contributed by atoms with Gasteiger partial charge in [0.1, 0.15) is 0 Å². The number of nitrogens with zero attached hydrogens (tertiary/aromatic N) is 1. The van der Waals surface area contributed by atoms with Gasteiger partial charge in [-0.05, 0) is 19.3 Å². The van der Waals surface area contributed by atoms with E-state index in [1.54, 1.807) is 0 Å². The van der Waals surface area contributed by atoms with Gasteiger partial charge in [-0.1, -0.05) is 31.8 Å². The number of unbranched alkanes of at least 4 members (excludes halogenated alkanes) is 6. The van der Waals surface area contributed by atoms with Crippen molar-refractivity contribution in [3.05, 3.63) is 12.2 Å². The standard InChI is InChI=1S/C13H21NO2/c1-16-13(15)11-9-7-5-3-2-4-6-8-10-12-14/h8,10H,2-7,9,11H2,1H3/b10-8-. The first-order chi connectivity index (χ1) is 7.81. The van der Waals surface area contributed by atoms with E-state index in [1.165, 1.54) is 32.4 Å². The molecule has 0 saturated heterocycles. The number of hydrogen-bond acceptors (Lipinski definition) is 3. The maximum Gasteiger partial charge on any atom is 0.305 e. The summed E-state index contributed by atoms with van der Waals surface area (Å²) in [5.74, 6) is -0.110. The largest absolute Gasteiger partial charge is 0.469 e. The molecule has 0 radical (unpaired) electrons. The van der Waals surface area contributed by atoms with Gasteiger partial charge in [0.2, 0.25) is 0 Å². The van der Waals surface area contributed by atoms with Gasteiger partial charge in [0.05, 0.1) is 13.2 Å². The first-order valence-electron chi connectivity index (χ1n) is 5.92. The molecule has 0 atom stereocenters. The van der Waals surface area contributed by atoms with Crippen LogP contribution < -0.4 is 0 Å². The molecule has 0 N–H and O–H groups in total. The number of rotatable bonds is 9. The van der Waals surface area contributed by atoms with Crippen molar-refractivity contribution in [1.82, 2.24) is 0 Å². The number of carbonyl (C=O) groups excluding carboxylic acids is 1. The van der Waals surface area contributed by atoms with Gasteiger partial charge in [0.25, 0.3) is 0 Å². The smallest absolute Gasteiger partial charge is 0.305 e. The number of esters is 1. The van der Waals surface area contributed by atoms with Gasteiger partial charge >= 0.3 is 5.97 Å². The predicted octanol–water partition coefficient (Wildman–Crippen LogP) is 3.36. The van der Waals surface area contributed by atoms with Gasteiger partial charge in [0, 0.05) is 12.5 Å². The van der Waals surface area contributed by atoms with Gasteiger partial charge < -0.3 is 4.74 Å². The molecule has 3 heteroatoms. The van der Waals surface area contributed by atoms with E-state index in [9.17, 15) is 4.79 Å². The van der Waals surface area contributed by atoms with Crippen LogP contribution in [0.5, 0.6) is 0 Å². The van der Waals surface area contributed by atoms with Gasteiger partial charge in [-0.25, -0.2) is 0 Å². The molecule has 90 valence electrons. The molecular weight excluding hydrogens is 202 g/mol. The Morgan fingerprint density at radius 2 is 1.81 bits per heavy atom. The molecule has 0 aliphatic rings. The second-order valence-electron chi connectivity index (χ2n) is 3.77. The lowest BCUT2D eigenvalue weighted by atomic mass is 10.1. The van der Waals surface area contributed by atoms with Gasteiger partial charge in [-0.15, -0.1) is 0 Å². The first-order valence-corrected chi connectivity index (χ1v) is 5.92. The van der Waals surface area contributed by atoms with Crippen LogP contribution >= 0.6 is 0 Å². The van der Waals surface area contributed by atoms with Crippen LogP contribution in [0.15, 0.2) is 12.2 Å². The number of ether oxygens (including phenoxy) is 1. The van der Waals surface area contributed by atoms with Crippen molar-refractivity contribution >= 4 is 5.97 Å². The summed E-state index contributed by atoms with van der Waals surface area (Å²) in [6.45, 7) is 0. The van der Waals surface area contributed by atoms with E-state index >= 15 is 0 Å². The number of nitriles is 1. The minimum atomic E-state index is -0.110. The Balaban J connectivity index is 3.07. The summed E-state index contributed by atoms with van der Waals surface area (Å²) in [6, 6.07) is 1.98. The zero-order valence-electron chi connectivity index (χ0n) is 10.1. The molecule has 3 nitrogen and oxygen atoms in total. The van der Waals surface area contributed by atoms with E-state index < -0.39 is 0 Å². The van der Waals surface area contributed by atoms with Gasteiger partial charge in [0.15, 0.2) is 0 Å². The average molecular weight is 223 g/mol. The van der Waals surface area contributed by atoms with Crippen LogP contribution in [0, 0.1) is 11.3 Å². The van der Waals surface area contributed by atoms with E-state index in [4.69, 9.17) is 5.26 Å². The minimum absolute atomic E-state index is 0.110. The van der Waals surface area contributed by atoms with Crippen LogP contribution in [0.2, 0.25) is 0 Å². The molecule has 16 heavy (non-hydrogen) atoms. The number of carbonyl (C=O) groups is 1. The number of methoxy groups -OCH3 is 1. The molecule has 0 unspecified atom stereocenters. The highest BCUT2D eigenvalue weighted by Crippen LogP contribution is 2.09. The van der Waals surface area contributed by atoms with Crippen molar-refractivity contribution in [2.24, 2.45) is 0 Å². The van der Waals surface area contributed by atoms with E-state index in [0.717, 1.165) is 25.7 Å². The molecule has 0 amide bonds. The quantitative estimate of drug-likeness (QED) is 0.342. The summed E-state index contributed by atoms with van der Waals surface area (Å²) in [6.07, 6.45) is 11.8. The molecule has 0 aromatic carbocycles. The molecule has 0 saturated carbocycles. The average Bonchev–Trinajstić information content (AvgIpc) is 2.31. The monoisotopic (exact) mass is 223 g/mol. The topological polar surface area (TPSA) is 50.1 Å². The summed E-state index contributed by atoms with van der Waals surface area (Å²) in [5, 5.41) is 8.26. The number of hydrogen-bond donors (Lipinski definition) is 0. The highest BCUT2D eigenvalue weighted by molar-refractivity contribution is 5.68.